The van der Waals surface area contributed by atoms with E-state index < -0.39 is 5.91 Å². The standard InChI is InChI=1S/C14H11ClN2O4/c15-10-4-12-13(21-2-1-20-12)5-11(10)17-14(19)8-3-9(18)7-16-6-8/h3-7,18H,1-2H2,(H,17,19). The minimum Gasteiger partial charge on any atom is -0.506 e. The Morgan fingerprint density at radius 3 is 2.62 bits per heavy atom. The number of carbonyl (C=O) groups excluding carboxylic acids is 1. The fourth-order valence-electron chi connectivity index (χ4n) is 1.91. The van der Waals surface area contributed by atoms with Crippen LogP contribution in [0, 0.1) is 0 Å². The first-order valence-electron chi connectivity index (χ1n) is 6.18. The second-order valence-corrected chi connectivity index (χ2v) is 4.77. The number of pyridine rings is 1. The summed E-state index contributed by atoms with van der Waals surface area (Å²) in [4.78, 5) is 15.8. The van der Waals surface area contributed by atoms with Gasteiger partial charge in [0.2, 0.25) is 0 Å². The Balaban J connectivity index is 1.86. The van der Waals surface area contributed by atoms with Crippen molar-refractivity contribution >= 4 is 23.2 Å². The normalized spacial score (nSPS) is 12.8. The average molecular weight is 307 g/mol. The number of benzene rings is 1. The number of amides is 1. The fraction of sp³-hybridized carbons (Fsp3) is 0.143. The number of rotatable bonds is 2. The van der Waals surface area contributed by atoms with Gasteiger partial charge in [-0.1, -0.05) is 11.6 Å². The van der Waals surface area contributed by atoms with Gasteiger partial charge in [0.15, 0.2) is 11.5 Å². The molecule has 1 aliphatic heterocycles. The molecule has 2 heterocycles. The van der Waals surface area contributed by atoms with Crippen LogP contribution in [0.2, 0.25) is 5.02 Å². The maximum Gasteiger partial charge on any atom is 0.257 e. The first kappa shape index (κ1) is 13.5. The molecule has 0 unspecified atom stereocenters. The van der Waals surface area contributed by atoms with E-state index in [1.165, 1.54) is 18.5 Å². The Hall–Kier alpha value is -2.47. The third kappa shape index (κ3) is 2.85. The molecule has 6 nitrogen and oxygen atoms in total. The van der Waals surface area contributed by atoms with Crippen molar-refractivity contribution in [1.29, 1.82) is 0 Å². The van der Waals surface area contributed by atoms with Gasteiger partial charge in [-0.25, -0.2) is 0 Å². The number of halogens is 1. The smallest absolute Gasteiger partial charge is 0.257 e. The fourth-order valence-corrected chi connectivity index (χ4v) is 2.11. The van der Waals surface area contributed by atoms with E-state index in [0.717, 1.165) is 0 Å². The highest BCUT2D eigenvalue weighted by Crippen LogP contribution is 2.38. The number of aromatic nitrogens is 1. The molecule has 0 saturated heterocycles. The lowest BCUT2D eigenvalue weighted by atomic mass is 10.2. The highest BCUT2D eigenvalue weighted by Gasteiger charge is 2.17. The van der Waals surface area contributed by atoms with Crippen LogP contribution < -0.4 is 14.8 Å². The highest BCUT2D eigenvalue weighted by molar-refractivity contribution is 6.34. The number of nitrogens with zero attached hydrogens (tertiary/aromatic N) is 1. The molecule has 0 fully saturated rings. The lowest BCUT2D eigenvalue weighted by molar-refractivity contribution is 0.102. The van der Waals surface area contributed by atoms with E-state index in [1.54, 1.807) is 12.1 Å². The Labute approximate surface area is 125 Å². The molecule has 1 amide bonds. The van der Waals surface area contributed by atoms with Crippen LogP contribution >= 0.6 is 11.6 Å². The van der Waals surface area contributed by atoms with E-state index in [2.05, 4.69) is 10.3 Å². The molecule has 0 spiro atoms. The zero-order chi connectivity index (χ0) is 14.8. The molecule has 2 N–H and O–H groups in total. The Kier molecular flexibility index (Phi) is 3.53. The zero-order valence-corrected chi connectivity index (χ0v) is 11.6. The second-order valence-electron chi connectivity index (χ2n) is 4.36. The summed E-state index contributed by atoms with van der Waals surface area (Å²) in [6.45, 7) is 0.905. The van der Waals surface area contributed by atoms with Crippen LogP contribution in [0.15, 0.2) is 30.6 Å². The van der Waals surface area contributed by atoms with Crippen LogP contribution in [-0.4, -0.2) is 29.2 Å². The molecule has 21 heavy (non-hydrogen) atoms. The van der Waals surface area contributed by atoms with Gasteiger partial charge in [-0.3, -0.25) is 9.78 Å². The quantitative estimate of drug-likeness (QED) is 0.891. The summed E-state index contributed by atoms with van der Waals surface area (Å²) in [6, 6.07) is 4.51. The molecular formula is C14H11ClN2O4. The Morgan fingerprint density at radius 1 is 1.19 bits per heavy atom. The van der Waals surface area contributed by atoms with Gasteiger partial charge in [0.1, 0.15) is 19.0 Å². The maximum absolute atomic E-state index is 12.1. The van der Waals surface area contributed by atoms with Crippen molar-refractivity contribution in [3.63, 3.8) is 0 Å². The molecule has 3 rings (SSSR count). The largest absolute Gasteiger partial charge is 0.506 e. The Morgan fingerprint density at radius 2 is 1.90 bits per heavy atom. The molecule has 2 aromatic rings. The molecule has 0 bridgehead atoms. The first-order chi connectivity index (χ1) is 10.1. The maximum atomic E-state index is 12.1. The van der Waals surface area contributed by atoms with Crippen molar-refractivity contribution in [2.24, 2.45) is 0 Å². The molecule has 0 aliphatic carbocycles. The van der Waals surface area contributed by atoms with E-state index in [1.807, 2.05) is 0 Å². The van der Waals surface area contributed by atoms with Crippen LogP contribution in [0.3, 0.4) is 0 Å². The van der Waals surface area contributed by atoms with Gasteiger partial charge in [0, 0.05) is 18.3 Å². The number of fused-ring (bicyclic) bond motifs is 1. The number of carbonyl (C=O) groups is 1. The predicted octanol–water partition coefficient (Wildman–Crippen LogP) is 2.46. The molecule has 1 aliphatic rings. The van der Waals surface area contributed by atoms with Crippen molar-refractivity contribution in [3.05, 3.63) is 41.2 Å². The van der Waals surface area contributed by atoms with Gasteiger partial charge >= 0.3 is 0 Å². The number of anilines is 1. The van der Waals surface area contributed by atoms with Crippen molar-refractivity contribution in [2.45, 2.75) is 0 Å². The summed E-state index contributed by atoms with van der Waals surface area (Å²) in [5, 5.41) is 12.3. The lowest BCUT2D eigenvalue weighted by Gasteiger charge is -2.20. The number of aromatic hydroxyl groups is 1. The summed E-state index contributed by atoms with van der Waals surface area (Å²) in [5.41, 5.74) is 0.621. The number of ether oxygens (including phenoxy) is 2. The summed E-state index contributed by atoms with van der Waals surface area (Å²) in [7, 11) is 0. The number of hydrogen-bond acceptors (Lipinski definition) is 5. The Bertz CT molecular complexity index is 705. The van der Waals surface area contributed by atoms with Crippen LogP contribution in [0.1, 0.15) is 10.4 Å². The van der Waals surface area contributed by atoms with Crippen LogP contribution in [0.25, 0.3) is 0 Å². The monoisotopic (exact) mass is 306 g/mol. The first-order valence-corrected chi connectivity index (χ1v) is 6.56. The molecule has 1 aromatic heterocycles. The highest BCUT2D eigenvalue weighted by atomic mass is 35.5. The van der Waals surface area contributed by atoms with Crippen LogP contribution in [0.4, 0.5) is 5.69 Å². The van der Waals surface area contributed by atoms with Gasteiger partial charge in [0.25, 0.3) is 5.91 Å². The van der Waals surface area contributed by atoms with E-state index in [4.69, 9.17) is 21.1 Å². The van der Waals surface area contributed by atoms with Crippen molar-refractivity contribution in [1.82, 2.24) is 4.98 Å². The van der Waals surface area contributed by atoms with Gasteiger partial charge in [-0.05, 0) is 6.07 Å². The summed E-state index contributed by atoms with van der Waals surface area (Å²) < 4.78 is 10.8. The van der Waals surface area contributed by atoms with Crippen LogP contribution in [-0.2, 0) is 0 Å². The topological polar surface area (TPSA) is 80.7 Å². The molecule has 0 saturated carbocycles. The molecule has 108 valence electrons. The van der Waals surface area contributed by atoms with E-state index in [0.29, 0.717) is 35.4 Å². The van der Waals surface area contributed by atoms with E-state index >= 15 is 0 Å². The zero-order valence-electron chi connectivity index (χ0n) is 10.8. The molecule has 0 radical (unpaired) electrons. The van der Waals surface area contributed by atoms with Gasteiger partial charge in [-0.2, -0.15) is 0 Å². The van der Waals surface area contributed by atoms with E-state index in [9.17, 15) is 9.90 Å². The molecule has 0 atom stereocenters. The summed E-state index contributed by atoms with van der Waals surface area (Å²) in [6.07, 6.45) is 2.59. The molecular weight excluding hydrogens is 296 g/mol. The van der Waals surface area contributed by atoms with Crippen molar-refractivity contribution < 1.29 is 19.4 Å². The second kappa shape index (κ2) is 5.49. The number of nitrogens with one attached hydrogen (secondary N) is 1. The summed E-state index contributed by atoms with van der Waals surface area (Å²) >= 11 is 6.11. The van der Waals surface area contributed by atoms with Gasteiger partial charge < -0.3 is 19.9 Å². The van der Waals surface area contributed by atoms with Crippen LogP contribution in [0.5, 0.6) is 17.2 Å². The minimum absolute atomic E-state index is 0.0871. The third-order valence-electron chi connectivity index (χ3n) is 2.87. The van der Waals surface area contributed by atoms with E-state index in [-0.39, 0.29) is 11.3 Å². The summed E-state index contributed by atoms with van der Waals surface area (Å²) in [5.74, 6) is 0.547. The molecule has 1 aromatic carbocycles. The van der Waals surface area contributed by atoms with Gasteiger partial charge in [0.05, 0.1) is 22.5 Å². The average Bonchev–Trinajstić information content (AvgIpc) is 2.48. The van der Waals surface area contributed by atoms with Crippen molar-refractivity contribution in [3.8, 4) is 17.2 Å². The number of hydrogen-bond donors (Lipinski definition) is 2. The third-order valence-corrected chi connectivity index (χ3v) is 3.18. The molecule has 7 heteroatoms. The SMILES string of the molecule is O=C(Nc1cc2c(cc1Cl)OCCO2)c1cncc(O)c1. The predicted molar refractivity (Wildman–Crippen MR) is 76.3 cm³/mol. The minimum atomic E-state index is -0.433. The van der Waals surface area contributed by atoms with Gasteiger partial charge in [-0.15, -0.1) is 0 Å². The van der Waals surface area contributed by atoms with Crippen molar-refractivity contribution in [2.75, 3.05) is 18.5 Å². The lowest BCUT2D eigenvalue weighted by Crippen LogP contribution is -2.17.